The minimum atomic E-state index is -1.33. The Bertz CT molecular complexity index is 729. The van der Waals surface area contributed by atoms with E-state index in [1.165, 1.54) is 5.56 Å². The van der Waals surface area contributed by atoms with Crippen LogP contribution in [-0.2, 0) is 17.9 Å². The van der Waals surface area contributed by atoms with Gasteiger partial charge in [-0.1, -0.05) is 43.3 Å². The molecule has 2 N–H and O–H groups in total. The lowest BCUT2D eigenvalue weighted by Crippen LogP contribution is -2.57. The summed E-state index contributed by atoms with van der Waals surface area (Å²) >= 11 is 0. The number of aliphatic hydroxyl groups is 1. The van der Waals surface area contributed by atoms with Gasteiger partial charge in [-0.15, -0.1) is 5.10 Å². The van der Waals surface area contributed by atoms with E-state index in [0.717, 1.165) is 12.0 Å². The second kappa shape index (κ2) is 8.63. The maximum atomic E-state index is 12.9. The summed E-state index contributed by atoms with van der Waals surface area (Å²) in [6.45, 7) is 7.08. The van der Waals surface area contributed by atoms with Gasteiger partial charge in [0.15, 0.2) is 5.60 Å². The predicted molar refractivity (Wildman–Crippen MR) is 103 cm³/mol. The van der Waals surface area contributed by atoms with Gasteiger partial charge in [-0.05, 0) is 29.9 Å². The van der Waals surface area contributed by atoms with Gasteiger partial charge in [-0.25, -0.2) is 0 Å². The summed E-state index contributed by atoms with van der Waals surface area (Å²) in [5.74, 6) is 0.305. The van der Waals surface area contributed by atoms with Crippen LogP contribution in [0.2, 0.25) is 0 Å². The molecule has 0 spiro atoms. The Balaban J connectivity index is 1.53. The molecule has 1 fully saturated rings. The fraction of sp³-hybridized carbons (Fsp3) is 0.550. The molecule has 1 atom stereocenters. The number of likely N-dealkylation sites (tertiary alicyclic amines) is 1. The van der Waals surface area contributed by atoms with Gasteiger partial charge in [0.2, 0.25) is 0 Å². The van der Waals surface area contributed by atoms with Crippen LogP contribution in [0.5, 0.6) is 0 Å². The third kappa shape index (κ3) is 4.93. The SMILES string of the molecule is CC(C)c1ccc(CN2CCCC(O)(CNCCn3ccnn3)C2=O)cc1. The van der Waals surface area contributed by atoms with E-state index in [1.807, 2.05) is 0 Å². The van der Waals surface area contributed by atoms with E-state index >= 15 is 0 Å². The van der Waals surface area contributed by atoms with Crippen molar-refractivity contribution in [1.29, 1.82) is 0 Å². The highest BCUT2D eigenvalue weighted by Crippen LogP contribution is 2.24. The smallest absolute Gasteiger partial charge is 0.256 e. The van der Waals surface area contributed by atoms with Crippen molar-refractivity contribution in [2.45, 2.75) is 51.3 Å². The van der Waals surface area contributed by atoms with Crippen LogP contribution in [0.1, 0.15) is 43.7 Å². The number of nitrogens with zero attached hydrogens (tertiary/aromatic N) is 4. The molecule has 1 aromatic heterocycles. The summed E-state index contributed by atoms with van der Waals surface area (Å²) in [6.07, 6.45) is 4.71. The quantitative estimate of drug-likeness (QED) is 0.688. The van der Waals surface area contributed by atoms with E-state index < -0.39 is 5.60 Å². The van der Waals surface area contributed by atoms with Crippen LogP contribution >= 0.6 is 0 Å². The first-order valence-electron chi connectivity index (χ1n) is 9.63. The fourth-order valence-electron chi connectivity index (χ4n) is 3.45. The Labute approximate surface area is 160 Å². The van der Waals surface area contributed by atoms with Gasteiger partial charge in [-0.3, -0.25) is 9.48 Å². The molecule has 1 aromatic carbocycles. The Morgan fingerprint density at radius 2 is 2.07 bits per heavy atom. The van der Waals surface area contributed by atoms with Crippen molar-refractivity contribution < 1.29 is 9.90 Å². The molecule has 1 aliphatic rings. The van der Waals surface area contributed by atoms with Crippen molar-refractivity contribution in [1.82, 2.24) is 25.2 Å². The number of piperidine rings is 1. The van der Waals surface area contributed by atoms with E-state index in [1.54, 1.807) is 22.0 Å². The lowest BCUT2D eigenvalue weighted by atomic mass is 9.91. The largest absolute Gasteiger partial charge is 0.379 e. The van der Waals surface area contributed by atoms with Gasteiger partial charge in [0.25, 0.3) is 5.91 Å². The number of carbonyl (C=O) groups excluding carboxylic acids is 1. The molecular weight excluding hydrogens is 342 g/mol. The molecule has 7 heteroatoms. The van der Waals surface area contributed by atoms with E-state index in [0.29, 0.717) is 38.5 Å². The second-order valence-corrected chi connectivity index (χ2v) is 7.60. The van der Waals surface area contributed by atoms with E-state index in [2.05, 4.69) is 53.7 Å². The molecule has 1 amide bonds. The molecule has 0 aliphatic carbocycles. The number of carbonyl (C=O) groups is 1. The molecule has 1 aliphatic heterocycles. The minimum absolute atomic E-state index is 0.185. The topological polar surface area (TPSA) is 83.3 Å². The maximum absolute atomic E-state index is 12.9. The summed E-state index contributed by atoms with van der Waals surface area (Å²) in [7, 11) is 0. The number of benzene rings is 1. The highest BCUT2D eigenvalue weighted by atomic mass is 16.3. The second-order valence-electron chi connectivity index (χ2n) is 7.60. The zero-order valence-electron chi connectivity index (χ0n) is 16.1. The number of amides is 1. The molecule has 1 saturated heterocycles. The van der Waals surface area contributed by atoms with Crippen LogP contribution in [0, 0.1) is 0 Å². The van der Waals surface area contributed by atoms with Gasteiger partial charge in [-0.2, -0.15) is 0 Å². The maximum Gasteiger partial charge on any atom is 0.256 e. The molecule has 7 nitrogen and oxygen atoms in total. The third-order valence-corrected chi connectivity index (χ3v) is 5.13. The summed E-state index contributed by atoms with van der Waals surface area (Å²) in [5.41, 5.74) is 1.05. The van der Waals surface area contributed by atoms with E-state index in [9.17, 15) is 9.90 Å². The minimum Gasteiger partial charge on any atom is -0.379 e. The van der Waals surface area contributed by atoms with Crippen LogP contribution in [0.15, 0.2) is 36.7 Å². The Morgan fingerprint density at radius 1 is 1.30 bits per heavy atom. The van der Waals surface area contributed by atoms with Gasteiger partial charge in [0, 0.05) is 32.4 Å². The van der Waals surface area contributed by atoms with Gasteiger partial charge in [0.05, 0.1) is 12.7 Å². The molecule has 0 saturated carbocycles. The normalized spacial score (nSPS) is 20.4. The molecule has 3 rings (SSSR count). The molecular formula is C20H29N5O2. The number of rotatable bonds is 8. The molecule has 0 bridgehead atoms. The first kappa shape index (κ1) is 19.5. The van der Waals surface area contributed by atoms with Crippen molar-refractivity contribution >= 4 is 5.91 Å². The van der Waals surface area contributed by atoms with Crippen molar-refractivity contribution in [3.63, 3.8) is 0 Å². The summed E-state index contributed by atoms with van der Waals surface area (Å²) < 4.78 is 1.72. The monoisotopic (exact) mass is 371 g/mol. The number of hydrogen-bond donors (Lipinski definition) is 2. The number of hydrogen-bond acceptors (Lipinski definition) is 5. The predicted octanol–water partition coefficient (Wildman–Crippen LogP) is 1.54. The van der Waals surface area contributed by atoms with E-state index in [4.69, 9.17) is 0 Å². The highest BCUT2D eigenvalue weighted by molar-refractivity contribution is 5.86. The standard InChI is InChI=1S/C20H29N5O2/c1-16(2)18-6-4-17(5-7-18)14-24-11-3-8-20(27,19(24)26)15-21-9-12-25-13-10-22-23-25/h4-7,10,13,16,21,27H,3,8-9,11-12,14-15H2,1-2H3. The molecule has 1 unspecified atom stereocenters. The van der Waals surface area contributed by atoms with E-state index in [-0.39, 0.29) is 12.5 Å². The molecule has 2 aromatic rings. The first-order chi connectivity index (χ1) is 13.0. The lowest BCUT2D eigenvalue weighted by molar-refractivity contribution is -0.157. The summed E-state index contributed by atoms with van der Waals surface area (Å²) in [4.78, 5) is 14.6. The van der Waals surface area contributed by atoms with Gasteiger partial charge < -0.3 is 15.3 Å². The first-order valence-corrected chi connectivity index (χ1v) is 9.63. The average Bonchev–Trinajstić information content (AvgIpc) is 3.17. The van der Waals surface area contributed by atoms with Crippen LogP contribution in [-0.4, -0.2) is 56.1 Å². The van der Waals surface area contributed by atoms with Gasteiger partial charge in [0.1, 0.15) is 0 Å². The molecule has 0 radical (unpaired) electrons. The van der Waals surface area contributed by atoms with Crippen LogP contribution in [0.3, 0.4) is 0 Å². The summed E-state index contributed by atoms with van der Waals surface area (Å²) in [6, 6.07) is 8.39. The molecule has 2 heterocycles. The van der Waals surface area contributed by atoms with Crippen LogP contribution in [0.4, 0.5) is 0 Å². The number of nitrogens with one attached hydrogen (secondary N) is 1. The van der Waals surface area contributed by atoms with Crippen molar-refractivity contribution in [2.75, 3.05) is 19.6 Å². The van der Waals surface area contributed by atoms with Crippen molar-refractivity contribution in [3.05, 3.63) is 47.8 Å². The zero-order valence-corrected chi connectivity index (χ0v) is 16.1. The molecule has 146 valence electrons. The fourth-order valence-corrected chi connectivity index (χ4v) is 3.45. The van der Waals surface area contributed by atoms with Crippen molar-refractivity contribution in [2.24, 2.45) is 0 Å². The Morgan fingerprint density at radius 3 is 2.74 bits per heavy atom. The highest BCUT2D eigenvalue weighted by Gasteiger charge is 2.41. The van der Waals surface area contributed by atoms with Gasteiger partial charge >= 0.3 is 0 Å². The zero-order chi connectivity index (χ0) is 19.3. The summed E-state index contributed by atoms with van der Waals surface area (Å²) in [5, 5.41) is 21.7. The average molecular weight is 371 g/mol. The Hall–Kier alpha value is -2.25. The number of aromatic nitrogens is 3. The van der Waals surface area contributed by atoms with Crippen molar-refractivity contribution in [3.8, 4) is 0 Å². The molecule has 27 heavy (non-hydrogen) atoms. The lowest BCUT2D eigenvalue weighted by Gasteiger charge is -2.38. The van der Waals surface area contributed by atoms with Crippen LogP contribution < -0.4 is 5.32 Å². The third-order valence-electron chi connectivity index (χ3n) is 5.13. The Kier molecular flexibility index (Phi) is 6.23. The van der Waals surface area contributed by atoms with Crippen LogP contribution in [0.25, 0.3) is 0 Å².